The number of halogens is 1. The summed E-state index contributed by atoms with van der Waals surface area (Å²) < 4.78 is 9.79. The molecular weight excluding hydrogens is 401 g/mol. The fourth-order valence-corrected chi connectivity index (χ4v) is 2.15. The van der Waals surface area contributed by atoms with Gasteiger partial charge in [-0.15, -0.1) is 24.0 Å². The number of hydrogen-bond donors (Lipinski definition) is 1. The average Bonchev–Trinajstić information content (AvgIpc) is 3.02. The summed E-state index contributed by atoms with van der Waals surface area (Å²) in [6, 6.07) is 1.80. The number of amides is 1. The summed E-state index contributed by atoms with van der Waals surface area (Å²) in [7, 11) is 1.74. The van der Waals surface area contributed by atoms with Gasteiger partial charge in [0.15, 0.2) is 5.96 Å². The first-order valence-electron chi connectivity index (χ1n) is 7.01. The van der Waals surface area contributed by atoms with Crippen molar-refractivity contribution < 1.29 is 14.1 Å². The number of guanidine groups is 1. The molecule has 1 aromatic heterocycles. The van der Waals surface area contributed by atoms with Crippen molar-refractivity contribution in [1.82, 2.24) is 20.3 Å². The molecule has 0 radical (unpaired) electrons. The zero-order chi connectivity index (χ0) is 15.1. The van der Waals surface area contributed by atoms with Gasteiger partial charge in [0.05, 0.1) is 13.2 Å². The molecule has 1 N–H and O–H groups in total. The van der Waals surface area contributed by atoms with Crippen LogP contribution in [-0.4, -0.2) is 66.8 Å². The zero-order valence-corrected chi connectivity index (χ0v) is 15.1. The molecule has 2 heterocycles. The number of carbonyl (C=O) groups excluding carboxylic acids is 1. The van der Waals surface area contributed by atoms with Gasteiger partial charge in [-0.3, -0.25) is 4.99 Å². The highest BCUT2D eigenvalue weighted by Crippen LogP contribution is 2.05. The lowest BCUT2D eigenvalue weighted by molar-refractivity contribution is 0.0914. The van der Waals surface area contributed by atoms with Crippen LogP contribution < -0.4 is 5.32 Å². The fourth-order valence-electron chi connectivity index (χ4n) is 2.15. The summed E-state index contributed by atoms with van der Waals surface area (Å²) in [5, 5.41) is 7.07. The summed E-state index contributed by atoms with van der Waals surface area (Å²) in [5.41, 5.74) is 0.821. The van der Waals surface area contributed by atoms with Gasteiger partial charge in [-0.25, -0.2) is 4.79 Å². The lowest BCUT2D eigenvalue weighted by Crippen LogP contribution is -2.53. The van der Waals surface area contributed by atoms with Gasteiger partial charge in [0, 0.05) is 39.3 Å². The second-order valence-corrected chi connectivity index (χ2v) is 4.56. The van der Waals surface area contributed by atoms with Crippen LogP contribution >= 0.6 is 24.0 Å². The van der Waals surface area contributed by atoms with E-state index in [-0.39, 0.29) is 30.1 Å². The maximum Gasteiger partial charge on any atom is 0.409 e. The Labute approximate surface area is 146 Å². The van der Waals surface area contributed by atoms with Crippen LogP contribution in [0.2, 0.25) is 0 Å². The van der Waals surface area contributed by atoms with Crippen LogP contribution in [0.3, 0.4) is 0 Å². The highest BCUT2D eigenvalue weighted by molar-refractivity contribution is 14.0. The SMILES string of the molecule is CCOC(=O)N1CCN(C(=NC)NCc2ccon2)CC1.I. The second kappa shape index (κ2) is 9.49. The van der Waals surface area contributed by atoms with Crippen molar-refractivity contribution in [2.45, 2.75) is 13.5 Å². The molecule has 2 rings (SSSR count). The molecule has 1 aromatic rings. The molecule has 0 aromatic carbocycles. The van der Waals surface area contributed by atoms with Crippen LogP contribution in [0.1, 0.15) is 12.6 Å². The van der Waals surface area contributed by atoms with Crippen molar-refractivity contribution >= 4 is 36.0 Å². The normalized spacial score (nSPS) is 15.3. The number of carbonyl (C=O) groups is 1. The summed E-state index contributed by atoms with van der Waals surface area (Å²) in [5.74, 6) is 0.793. The number of hydrogen-bond acceptors (Lipinski definition) is 5. The molecule has 1 saturated heterocycles. The lowest BCUT2D eigenvalue weighted by atomic mass is 10.3. The Hall–Kier alpha value is -1.52. The first-order chi connectivity index (χ1) is 10.2. The van der Waals surface area contributed by atoms with Crippen LogP contribution in [0, 0.1) is 0 Å². The van der Waals surface area contributed by atoms with Crippen molar-refractivity contribution in [2.75, 3.05) is 39.8 Å². The van der Waals surface area contributed by atoms with Gasteiger partial charge in [-0.1, -0.05) is 5.16 Å². The third-order valence-corrected chi connectivity index (χ3v) is 3.24. The van der Waals surface area contributed by atoms with E-state index in [1.54, 1.807) is 18.0 Å². The maximum absolute atomic E-state index is 11.6. The van der Waals surface area contributed by atoms with Gasteiger partial charge in [0.2, 0.25) is 0 Å². The Morgan fingerprint density at radius 3 is 2.64 bits per heavy atom. The number of nitrogens with one attached hydrogen (secondary N) is 1. The van der Waals surface area contributed by atoms with Crippen molar-refractivity contribution in [3.8, 4) is 0 Å². The van der Waals surface area contributed by atoms with E-state index < -0.39 is 0 Å². The maximum atomic E-state index is 11.6. The first-order valence-corrected chi connectivity index (χ1v) is 7.01. The van der Waals surface area contributed by atoms with Gasteiger partial charge in [-0.2, -0.15) is 0 Å². The van der Waals surface area contributed by atoms with E-state index in [2.05, 4.69) is 20.4 Å². The molecule has 0 saturated carbocycles. The van der Waals surface area contributed by atoms with Gasteiger partial charge in [0.1, 0.15) is 12.0 Å². The number of aliphatic imine (C=N–C) groups is 1. The number of ether oxygens (including phenoxy) is 1. The fraction of sp³-hybridized carbons (Fsp3) is 0.615. The van der Waals surface area contributed by atoms with Gasteiger partial charge < -0.3 is 24.4 Å². The molecule has 8 nitrogen and oxygen atoms in total. The molecule has 1 aliphatic rings. The van der Waals surface area contributed by atoms with E-state index in [4.69, 9.17) is 9.26 Å². The summed E-state index contributed by atoms with van der Waals surface area (Å²) in [6.07, 6.45) is 1.29. The van der Waals surface area contributed by atoms with Gasteiger partial charge in [-0.05, 0) is 6.92 Å². The largest absolute Gasteiger partial charge is 0.450 e. The predicted octanol–water partition coefficient (Wildman–Crippen LogP) is 1.14. The van der Waals surface area contributed by atoms with Gasteiger partial charge >= 0.3 is 6.09 Å². The number of rotatable bonds is 3. The van der Waals surface area contributed by atoms with Crippen LogP contribution in [0.4, 0.5) is 4.79 Å². The third-order valence-electron chi connectivity index (χ3n) is 3.24. The minimum Gasteiger partial charge on any atom is -0.450 e. The minimum atomic E-state index is -0.248. The van der Waals surface area contributed by atoms with Crippen LogP contribution in [0.25, 0.3) is 0 Å². The predicted molar refractivity (Wildman–Crippen MR) is 92.3 cm³/mol. The quantitative estimate of drug-likeness (QED) is 0.446. The third kappa shape index (κ3) is 5.04. The van der Waals surface area contributed by atoms with Crippen molar-refractivity contribution in [1.29, 1.82) is 0 Å². The molecule has 0 unspecified atom stereocenters. The monoisotopic (exact) mass is 423 g/mol. The summed E-state index contributed by atoms with van der Waals surface area (Å²) in [4.78, 5) is 19.7. The molecule has 0 bridgehead atoms. The molecule has 22 heavy (non-hydrogen) atoms. The molecule has 0 aliphatic carbocycles. The molecule has 1 amide bonds. The van der Waals surface area contributed by atoms with Gasteiger partial charge in [0.25, 0.3) is 0 Å². The lowest BCUT2D eigenvalue weighted by Gasteiger charge is -2.35. The van der Waals surface area contributed by atoms with E-state index in [9.17, 15) is 4.79 Å². The van der Waals surface area contributed by atoms with Crippen molar-refractivity contribution in [3.05, 3.63) is 18.0 Å². The standard InChI is InChI=1S/C13H21N5O3.HI/c1-3-20-13(19)18-7-5-17(6-8-18)12(14-2)15-10-11-4-9-21-16-11;/h4,9H,3,5-8,10H2,1-2H3,(H,14,15);1H. The first kappa shape index (κ1) is 18.5. The number of piperazine rings is 1. The molecule has 9 heteroatoms. The molecule has 0 atom stereocenters. The van der Waals surface area contributed by atoms with Crippen molar-refractivity contribution in [2.24, 2.45) is 4.99 Å². The van der Waals surface area contributed by atoms with E-state index in [0.29, 0.717) is 26.2 Å². The highest BCUT2D eigenvalue weighted by Gasteiger charge is 2.23. The Balaban J connectivity index is 0.00000242. The van der Waals surface area contributed by atoms with E-state index in [0.717, 1.165) is 24.7 Å². The Bertz CT molecular complexity index is 472. The molecule has 1 aliphatic heterocycles. The van der Waals surface area contributed by atoms with Crippen LogP contribution in [0.15, 0.2) is 21.8 Å². The van der Waals surface area contributed by atoms with E-state index in [1.807, 2.05) is 6.92 Å². The zero-order valence-electron chi connectivity index (χ0n) is 12.8. The Morgan fingerprint density at radius 2 is 2.09 bits per heavy atom. The van der Waals surface area contributed by atoms with E-state index >= 15 is 0 Å². The molecule has 124 valence electrons. The van der Waals surface area contributed by atoms with E-state index in [1.165, 1.54) is 6.26 Å². The van der Waals surface area contributed by atoms with Crippen LogP contribution in [0.5, 0.6) is 0 Å². The molecule has 0 spiro atoms. The summed E-state index contributed by atoms with van der Waals surface area (Å²) in [6.45, 7) is 5.46. The topological polar surface area (TPSA) is 83.2 Å². The van der Waals surface area contributed by atoms with Crippen molar-refractivity contribution in [3.63, 3.8) is 0 Å². The summed E-state index contributed by atoms with van der Waals surface area (Å²) >= 11 is 0. The molecular formula is C13H22IN5O3. The molecule has 1 fully saturated rings. The second-order valence-electron chi connectivity index (χ2n) is 4.56. The number of nitrogens with zero attached hydrogens (tertiary/aromatic N) is 4. The average molecular weight is 423 g/mol. The Morgan fingerprint density at radius 1 is 1.41 bits per heavy atom. The Kier molecular flexibility index (Phi) is 7.99. The highest BCUT2D eigenvalue weighted by atomic mass is 127. The minimum absolute atomic E-state index is 0. The smallest absolute Gasteiger partial charge is 0.409 e. The van der Waals surface area contributed by atoms with Crippen LogP contribution in [-0.2, 0) is 11.3 Å². The number of aromatic nitrogens is 1.